The van der Waals surface area contributed by atoms with Gasteiger partial charge in [-0.3, -0.25) is 0 Å². The molecule has 3 nitrogen and oxygen atoms in total. The molecule has 0 saturated carbocycles. The molecule has 0 fully saturated rings. The summed E-state index contributed by atoms with van der Waals surface area (Å²) in [5, 5.41) is 3.00. The van der Waals surface area contributed by atoms with Crippen LogP contribution in [0.25, 0.3) is 0 Å². The number of halogens is 3. The van der Waals surface area contributed by atoms with Crippen molar-refractivity contribution in [2.24, 2.45) is 0 Å². The number of pyridine rings is 1. The third kappa shape index (κ3) is 3.72. The number of hydrogen-bond acceptors (Lipinski definition) is 3. The molecule has 1 heterocycles. The molecule has 1 unspecified atom stereocenters. The van der Waals surface area contributed by atoms with Gasteiger partial charge in [0, 0.05) is 29.9 Å². The molecule has 1 aromatic carbocycles. The first-order valence-electron chi connectivity index (χ1n) is 6.59. The molecule has 6 heteroatoms. The average Bonchev–Trinajstić information content (AvgIpc) is 2.37. The monoisotopic (exact) mass is 295 g/mol. The summed E-state index contributed by atoms with van der Waals surface area (Å²) >= 11 is 0. The first kappa shape index (κ1) is 15.3. The second-order valence-electron chi connectivity index (χ2n) is 4.69. The molecule has 0 aliphatic rings. The van der Waals surface area contributed by atoms with Gasteiger partial charge < -0.3 is 11.1 Å². The van der Waals surface area contributed by atoms with Crippen LogP contribution in [0, 0.1) is 17.5 Å². The molecule has 0 bridgehead atoms. The Balaban J connectivity index is 2.35. The van der Waals surface area contributed by atoms with Crippen molar-refractivity contribution in [3.05, 3.63) is 59.0 Å². The maximum atomic E-state index is 13.9. The molecule has 0 aliphatic carbocycles. The van der Waals surface area contributed by atoms with Crippen LogP contribution in [0.1, 0.15) is 24.1 Å². The van der Waals surface area contributed by atoms with E-state index in [2.05, 4.69) is 10.3 Å². The Labute approximate surface area is 121 Å². The molecule has 1 aromatic heterocycles. The van der Waals surface area contributed by atoms with Gasteiger partial charge >= 0.3 is 0 Å². The zero-order valence-electron chi connectivity index (χ0n) is 11.5. The third-order valence-electron chi connectivity index (χ3n) is 3.13. The topological polar surface area (TPSA) is 50.9 Å². The molecule has 2 aromatic rings. The Morgan fingerprint density at radius 1 is 1.19 bits per heavy atom. The zero-order chi connectivity index (χ0) is 15.4. The minimum atomic E-state index is -0.933. The van der Waals surface area contributed by atoms with E-state index >= 15 is 0 Å². The lowest BCUT2D eigenvalue weighted by Crippen LogP contribution is -2.25. The van der Waals surface area contributed by atoms with Crippen LogP contribution in [-0.4, -0.2) is 11.5 Å². The quantitative estimate of drug-likeness (QED) is 0.891. The van der Waals surface area contributed by atoms with E-state index in [0.29, 0.717) is 30.9 Å². The maximum absolute atomic E-state index is 13.9. The van der Waals surface area contributed by atoms with Crippen molar-refractivity contribution in [3.8, 4) is 0 Å². The Morgan fingerprint density at radius 2 is 1.86 bits per heavy atom. The Bertz CT molecular complexity index is 608. The van der Waals surface area contributed by atoms with E-state index in [0.717, 1.165) is 5.56 Å². The van der Waals surface area contributed by atoms with Crippen molar-refractivity contribution in [1.29, 1.82) is 0 Å². The number of aromatic nitrogens is 1. The van der Waals surface area contributed by atoms with Crippen molar-refractivity contribution in [2.75, 3.05) is 12.3 Å². The summed E-state index contributed by atoms with van der Waals surface area (Å²) in [6, 6.07) is 4.12. The molecule has 0 aliphatic heterocycles. The van der Waals surface area contributed by atoms with Crippen LogP contribution in [0.3, 0.4) is 0 Å². The lowest BCUT2D eigenvalue weighted by atomic mass is 9.98. The van der Waals surface area contributed by atoms with Crippen molar-refractivity contribution >= 4 is 5.82 Å². The number of likely N-dealkylation sites (N-methyl/N-ethyl adjacent to an activating group) is 1. The number of benzene rings is 1. The van der Waals surface area contributed by atoms with Crippen molar-refractivity contribution in [3.63, 3.8) is 0 Å². The molecule has 1 atom stereocenters. The molecule has 21 heavy (non-hydrogen) atoms. The van der Waals surface area contributed by atoms with Crippen LogP contribution in [0.5, 0.6) is 0 Å². The molecular weight excluding hydrogens is 279 g/mol. The van der Waals surface area contributed by atoms with E-state index < -0.39 is 23.5 Å². The lowest BCUT2D eigenvalue weighted by Gasteiger charge is -2.20. The van der Waals surface area contributed by atoms with E-state index in [9.17, 15) is 13.2 Å². The van der Waals surface area contributed by atoms with Gasteiger partial charge in [-0.2, -0.15) is 0 Å². The number of nitrogens with zero attached hydrogens (tertiary/aromatic N) is 1. The van der Waals surface area contributed by atoms with Crippen LogP contribution < -0.4 is 11.1 Å². The van der Waals surface area contributed by atoms with Gasteiger partial charge in [-0.1, -0.05) is 6.92 Å². The zero-order valence-corrected chi connectivity index (χ0v) is 11.5. The number of hydrogen-bond donors (Lipinski definition) is 2. The van der Waals surface area contributed by atoms with E-state index in [4.69, 9.17) is 5.73 Å². The number of nitrogens with one attached hydrogen (secondary N) is 1. The standard InChI is InChI=1S/C15H16F3N3/c1-2-20-13(5-9-3-4-21-14(19)6-9)15-11(17)7-10(16)8-12(15)18/h3-4,6-8,13,20H,2,5H2,1H3,(H2,19,21). The second kappa shape index (κ2) is 6.58. The van der Waals surface area contributed by atoms with Gasteiger partial charge in [-0.05, 0) is 30.7 Å². The molecule has 0 radical (unpaired) electrons. The first-order valence-corrected chi connectivity index (χ1v) is 6.59. The summed E-state index contributed by atoms with van der Waals surface area (Å²) in [6.45, 7) is 2.34. The maximum Gasteiger partial charge on any atom is 0.133 e. The molecule has 0 saturated heterocycles. The fourth-order valence-corrected chi connectivity index (χ4v) is 2.27. The summed E-state index contributed by atoms with van der Waals surface area (Å²) in [5.41, 5.74) is 6.21. The normalized spacial score (nSPS) is 12.4. The summed E-state index contributed by atoms with van der Waals surface area (Å²) in [6.07, 6.45) is 1.85. The average molecular weight is 295 g/mol. The van der Waals surface area contributed by atoms with Gasteiger partial charge in [0.05, 0.1) is 0 Å². The molecular formula is C15H16F3N3. The Hall–Kier alpha value is -2.08. The highest BCUT2D eigenvalue weighted by molar-refractivity contribution is 5.34. The number of nitrogen functional groups attached to an aromatic ring is 1. The predicted octanol–water partition coefficient (Wildman–Crippen LogP) is 2.97. The SMILES string of the molecule is CCNC(Cc1ccnc(N)c1)c1c(F)cc(F)cc1F. The highest BCUT2D eigenvalue weighted by Crippen LogP contribution is 2.25. The smallest absolute Gasteiger partial charge is 0.133 e. The fraction of sp³-hybridized carbons (Fsp3) is 0.267. The molecule has 2 rings (SSSR count). The van der Waals surface area contributed by atoms with Gasteiger partial charge in [0.2, 0.25) is 0 Å². The first-order chi connectivity index (χ1) is 10.0. The van der Waals surface area contributed by atoms with Gasteiger partial charge in [0.15, 0.2) is 0 Å². The van der Waals surface area contributed by atoms with E-state index in [1.54, 1.807) is 12.1 Å². The van der Waals surface area contributed by atoms with Crippen LogP contribution in [-0.2, 0) is 6.42 Å². The molecule has 0 amide bonds. The minimum absolute atomic E-state index is 0.173. The summed E-state index contributed by atoms with van der Waals surface area (Å²) in [5.74, 6) is -2.40. The van der Waals surface area contributed by atoms with Gasteiger partial charge in [0.1, 0.15) is 23.3 Å². The van der Waals surface area contributed by atoms with E-state index in [-0.39, 0.29) is 5.56 Å². The number of anilines is 1. The fourth-order valence-electron chi connectivity index (χ4n) is 2.27. The van der Waals surface area contributed by atoms with Crippen molar-refractivity contribution in [1.82, 2.24) is 10.3 Å². The highest BCUT2D eigenvalue weighted by Gasteiger charge is 2.21. The molecule has 0 spiro atoms. The summed E-state index contributed by atoms with van der Waals surface area (Å²) in [7, 11) is 0. The van der Waals surface area contributed by atoms with Crippen molar-refractivity contribution < 1.29 is 13.2 Å². The third-order valence-corrected chi connectivity index (χ3v) is 3.13. The van der Waals surface area contributed by atoms with Gasteiger partial charge in [-0.15, -0.1) is 0 Å². The minimum Gasteiger partial charge on any atom is -0.384 e. The molecule has 3 N–H and O–H groups in total. The summed E-state index contributed by atoms with van der Waals surface area (Å²) in [4.78, 5) is 3.87. The van der Waals surface area contributed by atoms with Gasteiger partial charge in [0.25, 0.3) is 0 Å². The highest BCUT2D eigenvalue weighted by atomic mass is 19.1. The van der Waals surface area contributed by atoms with Crippen LogP contribution in [0.4, 0.5) is 19.0 Å². The van der Waals surface area contributed by atoms with Crippen LogP contribution >= 0.6 is 0 Å². The van der Waals surface area contributed by atoms with E-state index in [1.807, 2.05) is 6.92 Å². The van der Waals surface area contributed by atoms with Crippen molar-refractivity contribution in [2.45, 2.75) is 19.4 Å². The van der Waals surface area contributed by atoms with Crippen LogP contribution in [0.15, 0.2) is 30.5 Å². The van der Waals surface area contributed by atoms with Crippen LogP contribution in [0.2, 0.25) is 0 Å². The van der Waals surface area contributed by atoms with E-state index in [1.165, 1.54) is 6.20 Å². The second-order valence-corrected chi connectivity index (χ2v) is 4.69. The predicted molar refractivity (Wildman–Crippen MR) is 75.1 cm³/mol. The largest absolute Gasteiger partial charge is 0.384 e. The summed E-state index contributed by atoms with van der Waals surface area (Å²) < 4.78 is 40.8. The number of nitrogens with two attached hydrogens (primary N) is 1. The number of rotatable bonds is 5. The lowest BCUT2D eigenvalue weighted by molar-refractivity contribution is 0.462. The Kier molecular flexibility index (Phi) is 4.80. The van der Waals surface area contributed by atoms with Gasteiger partial charge in [-0.25, -0.2) is 18.2 Å². The Morgan fingerprint density at radius 3 is 2.43 bits per heavy atom. The molecule has 112 valence electrons.